The van der Waals surface area contributed by atoms with Crippen LogP contribution in [0.5, 0.6) is 0 Å². The van der Waals surface area contributed by atoms with Gasteiger partial charge in [-0.2, -0.15) is 0 Å². The second kappa shape index (κ2) is 6.41. The lowest BCUT2D eigenvalue weighted by atomic mass is 9.83. The van der Waals surface area contributed by atoms with Crippen molar-refractivity contribution in [2.45, 2.75) is 52.0 Å². The van der Waals surface area contributed by atoms with Gasteiger partial charge in [0.25, 0.3) is 0 Å². The molecule has 2 N–H and O–H groups in total. The van der Waals surface area contributed by atoms with Crippen LogP contribution in [0.2, 0.25) is 0 Å². The molecule has 0 bridgehead atoms. The van der Waals surface area contributed by atoms with E-state index in [1.807, 2.05) is 0 Å². The SMILES string of the molecule is CCCCC(CC)C(N)C1CCOC1. The highest BCUT2D eigenvalue weighted by molar-refractivity contribution is 4.81. The summed E-state index contributed by atoms with van der Waals surface area (Å²) in [5, 5.41) is 0. The second-order valence-corrected chi connectivity index (χ2v) is 4.51. The van der Waals surface area contributed by atoms with E-state index < -0.39 is 0 Å². The van der Waals surface area contributed by atoms with Crippen molar-refractivity contribution in [3.8, 4) is 0 Å². The molecule has 2 heteroatoms. The Labute approximate surface area is 88.2 Å². The topological polar surface area (TPSA) is 35.2 Å². The minimum absolute atomic E-state index is 0.369. The fourth-order valence-electron chi connectivity index (χ4n) is 2.38. The summed E-state index contributed by atoms with van der Waals surface area (Å²) in [7, 11) is 0. The molecule has 0 aliphatic carbocycles. The van der Waals surface area contributed by atoms with E-state index in [1.54, 1.807) is 0 Å². The molecule has 2 nitrogen and oxygen atoms in total. The third-order valence-corrected chi connectivity index (χ3v) is 3.51. The Kier molecular flexibility index (Phi) is 5.49. The predicted octanol–water partition coefficient (Wildman–Crippen LogP) is 2.57. The molecule has 3 unspecified atom stereocenters. The van der Waals surface area contributed by atoms with Gasteiger partial charge in [-0.1, -0.05) is 33.1 Å². The van der Waals surface area contributed by atoms with Gasteiger partial charge in [-0.05, 0) is 24.7 Å². The number of hydrogen-bond acceptors (Lipinski definition) is 2. The van der Waals surface area contributed by atoms with E-state index in [2.05, 4.69) is 13.8 Å². The maximum atomic E-state index is 6.29. The summed E-state index contributed by atoms with van der Waals surface area (Å²) >= 11 is 0. The Bertz CT molecular complexity index is 143. The van der Waals surface area contributed by atoms with Gasteiger partial charge in [0.1, 0.15) is 0 Å². The summed E-state index contributed by atoms with van der Waals surface area (Å²) in [5.74, 6) is 1.33. The Balaban J connectivity index is 2.33. The van der Waals surface area contributed by atoms with Gasteiger partial charge in [-0.25, -0.2) is 0 Å². The molecule has 1 saturated heterocycles. The lowest BCUT2D eigenvalue weighted by Crippen LogP contribution is -2.37. The Hall–Kier alpha value is -0.0800. The molecule has 1 heterocycles. The van der Waals surface area contributed by atoms with Crippen LogP contribution in [0.25, 0.3) is 0 Å². The van der Waals surface area contributed by atoms with Crippen molar-refractivity contribution in [2.75, 3.05) is 13.2 Å². The van der Waals surface area contributed by atoms with Crippen molar-refractivity contribution in [3.05, 3.63) is 0 Å². The van der Waals surface area contributed by atoms with Gasteiger partial charge in [0.15, 0.2) is 0 Å². The quantitative estimate of drug-likeness (QED) is 0.713. The number of unbranched alkanes of at least 4 members (excludes halogenated alkanes) is 1. The minimum Gasteiger partial charge on any atom is -0.381 e. The molecular weight excluding hydrogens is 174 g/mol. The molecule has 84 valence electrons. The van der Waals surface area contributed by atoms with E-state index in [-0.39, 0.29) is 0 Å². The van der Waals surface area contributed by atoms with Crippen molar-refractivity contribution < 1.29 is 4.74 Å². The maximum Gasteiger partial charge on any atom is 0.0510 e. The number of nitrogens with two attached hydrogens (primary N) is 1. The highest BCUT2D eigenvalue weighted by Crippen LogP contribution is 2.25. The first-order chi connectivity index (χ1) is 6.79. The molecule has 0 amide bonds. The number of rotatable bonds is 6. The Morgan fingerprint density at radius 1 is 1.43 bits per heavy atom. The summed E-state index contributed by atoms with van der Waals surface area (Å²) in [5.41, 5.74) is 6.29. The molecule has 14 heavy (non-hydrogen) atoms. The fourth-order valence-corrected chi connectivity index (χ4v) is 2.38. The van der Waals surface area contributed by atoms with Crippen molar-refractivity contribution >= 4 is 0 Å². The minimum atomic E-state index is 0.369. The van der Waals surface area contributed by atoms with Crippen LogP contribution in [-0.4, -0.2) is 19.3 Å². The average molecular weight is 199 g/mol. The third kappa shape index (κ3) is 3.25. The summed E-state index contributed by atoms with van der Waals surface area (Å²) in [6.45, 7) is 6.32. The zero-order chi connectivity index (χ0) is 10.4. The normalized spacial score (nSPS) is 26.4. The molecule has 0 aromatic heterocycles. The maximum absolute atomic E-state index is 6.29. The molecule has 0 aromatic carbocycles. The molecule has 1 aliphatic rings. The monoisotopic (exact) mass is 199 g/mol. The van der Waals surface area contributed by atoms with Crippen LogP contribution in [0.4, 0.5) is 0 Å². The smallest absolute Gasteiger partial charge is 0.0510 e. The van der Waals surface area contributed by atoms with Crippen LogP contribution >= 0.6 is 0 Å². The molecule has 0 aromatic rings. The van der Waals surface area contributed by atoms with Gasteiger partial charge >= 0.3 is 0 Å². The second-order valence-electron chi connectivity index (χ2n) is 4.51. The van der Waals surface area contributed by atoms with Crippen molar-refractivity contribution in [1.29, 1.82) is 0 Å². The standard InChI is InChI=1S/C12H25NO/c1-3-5-6-10(4-2)12(13)11-7-8-14-9-11/h10-12H,3-9,13H2,1-2H3. The molecule has 0 spiro atoms. The molecule has 1 fully saturated rings. The Morgan fingerprint density at radius 2 is 2.21 bits per heavy atom. The first kappa shape index (κ1) is 12.0. The summed E-state index contributed by atoms with van der Waals surface area (Å²) < 4.78 is 5.40. The van der Waals surface area contributed by atoms with Gasteiger partial charge in [0.05, 0.1) is 6.61 Å². The van der Waals surface area contributed by atoms with E-state index in [9.17, 15) is 0 Å². The molecule has 1 rings (SSSR count). The highest BCUT2D eigenvalue weighted by Gasteiger charge is 2.27. The zero-order valence-electron chi connectivity index (χ0n) is 9.67. The van der Waals surface area contributed by atoms with Crippen LogP contribution in [0.15, 0.2) is 0 Å². The summed E-state index contributed by atoms with van der Waals surface area (Å²) in [6.07, 6.45) is 6.29. The molecular formula is C12H25NO. The highest BCUT2D eigenvalue weighted by atomic mass is 16.5. The van der Waals surface area contributed by atoms with Gasteiger partial charge in [-0.3, -0.25) is 0 Å². The molecule has 1 aliphatic heterocycles. The van der Waals surface area contributed by atoms with Crippen LogP contribution < -0.4 is 5.73 Å². The van der Waals surface area contributed by atoms with Crippen molar-refractivity contribution in [3.63, 3.8) is 0 Å². The predicted molar refractivity (Wildman–Crippen MR) is 60.2 cm³/mol. The number of hydrogen-bond donors (Lipinski definition) is 1. The fraction of sp³-hybridized carbons (Fsp3) is 1.00. The van der Waals surface area contributed by atoms with Gasteiger partial charge in [-0.15, -0.1) is 0 Å². The van der Waals surface area contributed by atoms with E-state index in [1.165, 1.54) is 32.1 Å². The zero-order valence-corrected chi connectivity index (χ0v) is 9.67. The summed E-state index contributed by atoms with van der Waals surface area (Å²) in [4.78, 5) is 0. The van der Waals surface area contributed by atoms with Crippen LogP contribution in [-0.2, 0) is 4.74 Å². The van der Waals surface area contributed by atoms with Crippen molar-refractivity contribution in [1.82, 2.24) is 0 Å². The van der Waals surface area contributed by atoms with E-state index in [0.29, 0.717) is 17.9 Å². The average Bonchev–Trinajstić information content (AvgIpc) is 2.71. The van der Waals surface area contributed by atoms with Gasteiger partial charge < -0.3 is 10.5 Å². The van der Waals surface area contributed by atoms with E-state index in [4.69, 9.17) is 10.5 Å². The van der Waals surface area contributed by atoms with Gasteiger partial charge in [0.2, 0.25) is 0 Å². The molecule has 3 atom stereocenters. The largest absolute Gasteiger partial charge is 0.381 e. The van der Waals surface area contributed by atoms with Crippen LogP contribution in [0.1, 0.15) is 46.0 Å². The first-order valence-corrected chi connectivity index (χ1v) is 6.12. The molecule has 0 radical (unpaired) electrons. The molecule has 0 saturated carbocycles. The number of ether oxygens (including phenoxy) is 1. The van der Waals surface area contributed by atoms with E-state index >= 15 is 0 Å². The van der Waals surface area contributed by atoms with Crippen molar-refractivity contribution in [2.24, 2.45) is 17.6 Å². The first-order valence-electron chi connectivity index (χ1n) is 6.12. The lowest BCUT2D eigenvalue weighted by Gasteiger charge is -2.26. The van der Waals surface area contributed by atoms with Crippen LogP contribution in [0.3, 0.4) is 0 Å². The summed E-state index contributed by atoms with van der Waals surface area (Å²) in [6, 6.07) is 0.369. The Morgan fingerprint density at radius 3 is 2.71 bits per heavy atom. The third-order valence-electron chi connectivity index (χ3n) is 3.51. The van der Waals surface area contributed by atoms with Crippen LogP contribution in [0, 0.1) is 11.8 Å². The van der Waals surface area contributed by atoms with Gasteiger partial charge in [0, 0.05) is 12.6 Å². The lowest BCUT2D eigenvalue weighted by molar-refractivity contribution is 0.170. The van der Waals surface area contributed by atoms with E-state index in [0.717, 1.165) is 13.2 Å².